The van der Waals surface area contributed by atoms with Crippen molar-refractivity contribution in [2.75, 3.05) is 0 Å². The van der Waals surface area contributed by atoms with Crippen LogP contribution in [0.2, 0.25) is 5.02 Å². The predicted molar refractivity (Wildman–Crippen MR) is 66.7 cm³/mol. The molecule has 7 heteroatoms. The van der Waals surface area contributed by atoms with Gasteiger partial charge in [0, 0.05) is 6.20 Å². The van der Waals surface area contributed by atoms with Crippen molar-refractivity contribution >= 4 is 23.3 Å². The first-order valence-electron chi connectivity index (χ1n) is 4.88. The third-order valence-corrected chi connectivity index (χ3v) is 1.85. The van der Waals surface area contributed by atoms with Crippen LogP contribution >= 0.6 is 11.6 Å². The minimum absolute atomic E-state index is 0.0540. The van der Waals surface area contributed by atoms with Gasteiger partial charge in [-0.15, -0.1) is 0 Å². The highest BCUT2D eigenvalue weighted by molar-refractivity contribution is 6.30. The van der Waals surface area contributed by atoms with Gasteiger partial charge >= 0.3 is 5.97 Å². The number of rotatable bonds is 3. The Morgan fingerprint density at radius 2 is 2.06 bits per heavy atom. The number of hydrogen-bond donors (Lipinski definition) is 4. The lowest BCUT2D eigenvalue weighted by Gasteiger charge is -2.06. The molecule has 0 aliphatic heterocycles. The van der Waals surface area contributed by atoms with Crippen molar-refractivity contribution in [3.63, 3.8) is 0 Å². The van der Waals surface area contributed by atoms with Gasteiger partial charge in [0.2, 0.25) is 0 Å². The first-order valence-corrected chi connectivity index (χ1v) is 5.25. The van der Waals surface area contributed by atoms with Crippen molar-refractivity contribution in [3.05, 3.63) is 34.7 Å². The minimum atomic E-state index is -1.26. The molecule has 0 aromatic carbocycles. The Kier molecular flexibility index (Phi) is 6.69. The summed E-state index contributed by atoms with van der Waals surface area (Å²) in [6.45, 7) is 4.00. The maximum atomic E-state index is 10.7. The molecule has 17 heavy (non-hydrogen) atoms. The topological polar surface area (TPSA) is 114 Å². The maximum Gasteiger partial charge on any atom is 0.355 e. The SMILES string of the molecule is CC.NN/C(C(=O)O)=C(\N)c1ccc(Cl)cn1. The van der Waals surface area contributed by atoms with Crippen molar-refractivity contribution in [2.24, 2.45) is 11.6 Å². The smallest absolute Gasteiger partial charge is 0.355 e. The van der Waals surface area contributed by atoms with Crippen LogP contribution in [0.3, 0.4) is 0 Å². The molecule has 0 amide bonds. The predicted octanol–water partition coefficient (Wildman–Crippen LogP) is 0.936. The van der Waals surface area contributed by atoms with Gasteiger partial charge in [-0.05, 0) is 12.1 Å². The average molecular weight is 259 g/mol. The molecule has 0 aliphatic carbocycles. The van der Waals surface area contributed by atoms with Gasteiger partial charge in [-0.2, -0.15) is 0 Å². The number of halogens is 1. The Labute approximate surface area is 104 Å². The summed E-state index contributed by atoms with van der Waals surface area (Å²) in [4.78, 5) is 14.5. The largest absolute Gasteiger partial charge is 0.476 e. The van der Waals surface area contributed by atoms with Crippen LogP contribution in [0.25, 0.3) is 5.70 Å². The molecule has 1 aromatic heterocycles. The third-order valence-electron chi connectivity index (χ3n) is 1.63. The number of pyridine rings is 1. The number of aromatic nitrogens is 1. The minimum Gasteiger partial charge on any atom is -0.476 e. The van der Waals surface area contributed by atoms with E-state index in [0.29, 0.717) is 5.02 Å². The number of nitrogens with two attached hydrogens (primary N) is 2. The molecule has 0 saturated heterocycles. The molecule has 6 nitrogen and oxygen atoms in total. The first kappa shape index (κ1) is 15.2. The first-order chi connectivity index (χ1) is 8.06. The molecule has 0 atom stereocenters. The van der Waals surface area contributed by atoms with Crippen molar-refractivity contribution in [2.45, 2.75) is 13.8 Å². The Hall–Kier alpha value is -1.79. The fourth-order valence-electron chi connectivity index (χ4n) is 0.918. The zero-order valence-corrected chi connectivity index (χ0v) is 10.3. The van der Waals surface area contributed by atoms with E-state index in [0.717, 1.165) is 0 Å². The Morgan fingerprint density at radius 1 is 1.47 bits per heavy atom. The molecular weight excluding hydrogens is 244 g/mol. The third kappa shape index (κ3) is 4.29. The fraction of sp³-hybridized carbons (Fsp3) is 0.200. The molecule has 94 valence electrons. The molecule has 1 heterocycles. The Morgan fingerprint density at radius 3 is 2.41 bits per heavy atom. The molecule has 0 fully saturated rings. The van der Waals surface area contributed by atoms with Gasteiger partial charge in [0.15, 0.2) is 5.70 Å². The highest BCUT2D eigenvalue weighted by Gasteiger charge is 2.12. The number of nitrogens with one attached hydrogen (secondary N) is 1. The highest BCUT2D eigenvalue weighted by Crippen LogP contribution is 2.12. The second-order valence-electron chi connectivity index (χ2n) is 2.60. The van der Waals surface area contributed by atoms with Crippen LogP contribution < -0.4 is 17.0 Å². The molecule has 0 unspecified atom stereocenters. The lowest BCUT2D eigenvalue weighted by molar-refractivity contribution is -0.133. The van der Waals surface area contributed by atoms with Crippen LogP contribution in [-0.4, -0.2) is 16.1 Å². The average Bonchev–Trinajstić information content (AvgIpc) is 2.32. The summed E-state index contributed by atoms with van der Waals surface area (Å²) in [6, 6.07) is 3.05. The van der Waals surface area contributed by atoms with E-state index < -0.39 is 5.97 Å². The maximum absolute atomic E-state index is 10.7. The standard InChI is InChI=1S/C8H9ClN4O2.C2H6/c9-4-1-2-5(12-3-4)6(10)7(13-11)8(14)15;1-2/h1-3,13H,10-11H2,(H,14,15);1-2H3/b7-6-;. The molecule has 6 N–H and O–H groups in total. The monoisotopic (exact) mass is 258 g/mol. The second kappa shape index (κ2) is 7.48. The van der Waals surface area contributed by atoms with Crippen LogP contribution in [0.15, 0.2) is 24.0 Å². The van der Waals surface area contributed by atoms with Crippen LogP contribution in [0.5, 0.6) is 0 Å². The summed E-state index contributed by atoms with van der Waals surface area (Å²) in [5, 5.41) is 9.16. The Bertz CT molecular complexity index is 403. The van der Waals surface area contributed by atoms with E-state index in [-0.39, 0.29) is 17.1 Å². The molecule has 0 bridgehead atoms. The van der Waals surface area contributed by atoms with Crippen LogP contribution in [-0.2, 0) is 4.79 Å². The van der Waals surface area contributed by atoms with Gasteiger partial charge < -0.3 is 16.3 Å². The van der Waals surface area contributed by atoms with Gasteiger partial charge in [-0.1, -0.05) is 25.4 Å². The molecule has 0 spiro atoms. The summed E-state index contributed by atoms with van der Waals surface area (Å²) < 4.78 is 0. The van der Waals surface area contributed by atoms with E-state index in [2.05, 4.69) is 4.98 Å². The quantitative estimate of drug-likeness (QED) is 0.364. The van der Waals surface area contributed by atoms with Crippen molar-refractivity contribution in [1.82, 2.24) is 10.4 Å². The molecule has 1 rings (SSSR count). The van der Waals surface area contributed by atoms with Crippen LogP contribution in [0.1, 0.15) is 19.5 Å². The number of carbonyl (C=O) groups is 1. The van der Waals surface area contributed by atoms with Crippen LogP contribution in [0, 0.1) is 0 Å². The van der Waals surface area contributed by atoms with Crippen LogP contribution in [0.4, 0.5) is 0 Å². The summed E-state index contributed by atoms with van der Waals surface area (Å²) >= 11 is 5.62. The van der Waals surface area contributed by atoms with Gasteiger partial charge in [-0.25, -0.2) is 4.79 Å². The lowest BCUT2D eigenvalue weighted by atomic mass is 10.2. The van der Waals surface area contributed by atoms with E-state index in [1.165, 1.54) is 12.3 Å². The van der Waals surface area contributed by atoms with E-state index in [9.17, 15) is 4.79 Å². The molecule has 0 radical (unpaired) electrons. The fourth-order valence-corrected chi connectivity index (χ4v) is 1.03. The number of carboxylic acid groups (broad SMARTS) is 1. The van der Waals surface area contributed by atoms with Gasteiger partial charge in [0.25, 0.3) is 0 Å². The van der Waals surface area contributed by atoms with Crippen molar-refractivity contribution in [1.29, 1.82) is 0 Å². The lowest BCUT2D eigenvalue weighted by Crippen LogP contribution is -2.29. The number of hydrogen-bond acceptors (Lipinski definition) is 5. The van der Waals surface area contributed by atoms with Gasteiger partial charge in [0.05, 0.1) is 16.4 Å². The highest BCUT2D eigenvalue weighted by atomic mass is 35.5. The molecule has 0 saturated carbocycles. The number of nitrogens with zero attached hydrogens (tertiary/aromatic N) is 1. The second-order valence-corrected chi connectivity index (χ2v) is 3.04. The number of hydrazine groups is 1. The van der Waals surface area contributed by atoms with Crippen molar-refractivity contribution < 1.29 is 9.90 Å². The van der Waals surface area contributed by atoms with E-state index >= 15 is 0 Å². The zero-order valence-electron chi connectivity index (χ0n) is 9.57. The zero-order chi connectivity index (χ0) is 13.4. The summed E-state index contributed by atoms with van der Waals surface area (Å²) in [7, 11) is 0. The van der Waals surface area contributed by atoms with E-state index in [4.69, 9.17) is 28.3 Å². The summed E-state index contributed by atoms with van der Waals surface area (Å²) in [5.74, 6) is 3.76. The van der Waals surface area contributed by atoms with E-state index in [1.807, 2.05) is 19.3 Å². The summed E-state index contributed by atoms with van der Waals surface area (Å²) in [6.07, 6.45) is 1.36. The van der Waals surface area contributed by atoms with Gasteiger partial charge in [0.1, 0.15) is 0 Å². The normalized spacial score (nSPS) is 10.8. The molecule has 0 aliphatic rings. The van der Waals surface area contributed by atoms with Crippen molar-refractivity contribution in [3.8, 4) is 0 Å². The van der Waals surface area contributed by atoms with Gasteiger partial charge in [-0.3, -0.25) is 10.8 Å². The summed E-state index contributed by atoms with van der Waals surface area (Å²) in [5.41, 5.74) is 7.47. The molecular formula is C10H15ClN4O2. The molecule has 1 aromatic rings. The number of carboxylic acids is 1. The number of aliphatic carboxylic acids is 1. The Balaban J connectivity index is 0.00000121. The van der Waals surface area contributed by atoms with E-state index in [1.54, 1.807) is 6.07 Å².